The minimum atomic E-state index is 0.623. The van der Waals surface area contributed by atoms with Gasteiger partial charge < -0.3 is 9.15 Å². The Morgan fingerprint density at radius 3 is 2.70 bits per heavy atom. The van der Waals surface area contributed by atoms with E-state index in [1.54, 1.807) is 6.07 Å². The molecule has 4 heteroatoms. The predicted molar refractivity (Wildman–Crippen MR) is 77.2 cm³/mol. The molecule has 0 atom stereocenters. The van der Waals surface area contributed by atoms with E-state index in [2.05, 4.69) is 4.98 Å². The maximum atomic E-state index is 6.10. The Morgan fingerprint density at radius 2 is 1.80 bits per heavy atom. The molecule has 0 aliphatic carbocycles. The van der Waals surface area contributed by atoms with Gasteiger partial charge in [0.15, 0.2) is 11.7 Å². The van der Waals surface area contributed by atoms with Crippen molar-refractivity contribution in [3.63, 3.8) is 0 Å². The number of halogens is 1. The first kappa shape index (κ1) is 11.6. The van der Waals surface area contributed by atoms with Crippen molar-refractivity contribution in [2.75, 3.05) is 0 Å². The topological polar surface area (TPSA) is 35.3 Å². The van der Waals surface area contributed by atoms with Gasteiger partial charge in [0, 0.05) is 17.5 Å². The molecule has 0 fully saturated rings. The molecule has 0 N–H and O–H groups in total. The molecule has 1 aliphatic heterocycles. The Balaban J connectivity index is 2.11. The summed E-state index contributed by atoms with van der Waals surface area (Å²) in [6.07, 6.45) is 0. The fourth-order valence-electron chi connectivity index (χ4n) is 2.43. The number of nitrogens with zero attached hydrogens (tertiary/aromatic N) is 1. The molecule has 3 aromatic rings. The summed E-state index contributed by atoms with van der Waals surface area (Å²) in [5.41, 5.74) is 2.54. The standard InChI is InChI=1S/C16H10ClNO2/c1-9-18-15-11-4-2-3-5-13(11)20-14-7-6-10(17)8-12(14)16(15)19-9/h2-8H,1H3. The monoisotopic (exact) mass is 283 g/mol. The van der Waals surface area contributed by atoms with Gasteiger partial charge in [-0.15, -0.1) is 0 Å². The number of oxazole rings is 1. The molecule has 3 nitrogen and oxygen atoms in total. The van der Waals surface area contributed by atoms with E-state index >= 15 is 0 Å². The lowest BCUT2D eigenvalue weighted by Crippen LogP contribution is -1.86. The minimum absolute atomic E-state index is 0.623. The molecule has 2 heterocycles. The molecular weight excluding hydrogens is 274 g/mol. The first-order valence-electron chi connectivity index (χ1n) is 6.27. The molecule has 0 spiro atoms. The van der Waals surface area contributed by atoms with Gasteiger partial charge in [-0.1, -0.05) is 23.7 Å². The number of rotatable bonds is 0. The average Bonchev–Trinajstić information content (AvgIpc) is 2.78. The quantitative estimate of drug-likeness (QED) is 0.451. The predicted octanol–water partition coefficient (Wildman–Crippen LogP) is 5.08. The van der Waals surface area contributed by atoms with Gasteiger partial charge in [0.2, 0.25) is 0 Å². The normalized spacial score (nSPS) is 11.9. The van der Waals surface area contributed by atoms with Crippen LogP contribution in [0.2, 0.25) is 5.02 Å². The summed E-state index contributed by atoms with van der Waals surface area (Å²) in [4.78, 5) is 4.49. The molecule has 0 radical (unpaired) electrons. The van der Waals surface area contributed by atoms with Gasteiger partial charge in [0.25, 0.3) is 0 Å². The summed E-state index contributed by atoms with van der Waals surface area (Å²) in [7, 11) is 0. The van der Waals surface area contributed by atoms with Crippen molar-refractivity contribution in [1.82, 2.24) is 4.98 Å². The van der Waals surface area contributed by atoms with Gasteiger partial charge in [-0.25, -0.2) is 4.98 Å². The van der Waals surface area contributed by atoms with Crippen molar-refractivity contribution in [3.05, 3.63) is 53.4 Å². The lowest BCUT2D eigenvalue weighted by atomic mass is 10.1. The fraction of sp³-hybridized carbons (Fsp3) is 0.0625. The second kappa shape index (κ2) is 4.12. The van der Waals surface area contributed by atoms with Crippen molar-refractivity contribution >= 4 is 11.6 Å². The number of hydrogen-bond donors (Lipinski definition) is 0. The van der Waals surface area contributed by atoms with Gasteiger partial charge in [0.1, 0.15) is 17.2 Å². The highest BCUT2D eigenvalue weighted by molar-refractivity contribution is 6.31. The molecular formula is C16H10ClNO2. The van der Waals surface area contributed by atoms with Crippen LogP contribution in [0.5, 0.6) is 11.5 Å². The van der Waals surface area contributed by atoms with Crippen LogP contribution in [0.4, 0.5) is 0 Å². The van der Waals surface area contributed by atoms with E-state index in [0.29, 0.717) is 16.7 Å². The Labute approximate surface area is 120 Å². The van der Waals surface area contributed by atoms with Crippen LogP contribution < -0.4 is 4.74 Å². The molecule has 0 amide bonds. The number of benzene rings is 2. The molecule has 1 aliphatic rings. The van der Waals surface area contributed by atoms with E-state index in [0.717, 1.165) is 28.3 Å². The lowest BCUT2D eigenvalue weighted by molar-refractivity contribution is 0.482. The van der Waals surface area contributed by atoms with Gasteiger partial charge in [-0.3, -0.25) is 0 Å². The van der Waals surface area contributed by atoms with Crippen molar-refractivity contribution < 1.29 is 9.15 Å². The minimum Gasteiger partial charge on any atom is -0.456 e. The van der Waals surface area contributed by atoms with E-state index in [1.165, 1.54) is 0 Å². The summed E-state index contributed by atoms with van der Waals surface area (Å²) in [5, 5.41) is 0.637. The Kier molecular flexibility index (Phi) is 2.38. The number of fused-ring (bicyclic) bond motifs is 5. The molecule has 0 bridgehead atoms. The SMILES string of the molecule is Cc1nc2c(o1)-c1cc(Cl)ccc1Oc1ccccc1-2. The van der Waals surface area contributed by atoms with Gasteiger partial charge in [-0.05, 0) is 30.3 Å². The zero-order chi connectivity index (χ0) is 13.7. The molecule has 0 unspecified atom stereocenters. The highest BCUT2D eigenvalue weighted by atomic mass is 35.5. The average molecular weight is 284 g/mol. The van der Waals surface area contributed by atoms with Gasteiger partial charge >= 0.3 is 0 Å². The van der Waals surface area contributed by atoms with E-state index in [4.69, 9.17) is 20.8 Å². The molecule has 1 aromatic heterocycles. The maximum Gasteiger partial charge on any atom is 0.192 e. The first-order chi connectivity index (χ1) is 9.72. The van der Waals surface area contributed by atoms with Crippen LogP contribution in [-0.2, 0) is 0 Å². The highest BCUT2D eigenvalue weighted by Crippen LogP contribution is 2.47. The number of para-hydroxylation sites is 1. The largest absolute Gasteiger partial charge is 0.456 e. The molecule has 0 saturated heterocycles. The smallest absolute Gasteiger partial charge is 0.192 e. The third kappa shape index (κ3) is 1.63. The molecule has 0 saturated carbocycles. The van der Waals surface area contributed by atoms with E-state index in [1.807, 2.05) is 43.3 Å². The van der Waals surface area contributed by atoms with Crippen LogP contribution >= 0.6 is 11.6 Å². The van der Waals surface area contributed by atoms with Crippen LogP contribution in [0.3, 0.4) is 0 Å². The van der Waals surface area contributed by atoms with E-state index < -0.39 is 0 Å². The van der Waals surface area contributed by atoms with Crippen molar-refractivity contribution in [1.29, 1.82) is 0 Å². The van der Waals surface area contributed by atoms with Gasteiger partial charge in [0.05, 0.1) is 5.56 Å². The third-order valence-corrected chi connectivity index (χ3v) is 3.52. The van der Waals surface area contributed by atoms with Crippen LogP contribution in [0.25, 0.3) is 22.6 Å². The molecule has 4 rings (SSSR count). The van der Waals surface area contributed by atoms with E-state index in [-0.39, 0.29) is 0 Å². The zero-order valence-corrected chi connectivity index (χ0v) is 11.4. The number of aromatic nitrogens is 1. The van der Waals surface area contributed by atoms with Crippen LogP contribution in [0, 0.1) is 6.92 Å². The third-order valence-electron chi connectivity index (χ3n) is 3.28. The summed E-state index contributed by atoms with van der Waals surface area (Å²) < 4.78 is 11.8. The van der Waals surface area contributed by atoms with Crippen molar-refractivity contribution in [2.45, 2.75) is 6.92 Å². The number of hydrogen-bond acceptors (Lipinski definition) is 3. The lowest BCUT2D eigenvalue weighted by Gasteiger charge is -2.08. The van der Waals surface area contributed by atoms with Crippen LogP contribution in [-0.4, -0.2) is 4.98 Å². The molecule has 98 valence electrons. The fourth-order valence-corrected chi connectivity index (χ4v) is 2.60. The number of aryl methyl sites for hydroxylation is 1. The summed E-state index contributed by atoms with van der Waals surface area (Å²) in [6.45, 7) is 1.84. The van der Waals surface area contributed by atoms with Crippen LogP contribution in [0.15, 0.2) is 46.9 Å². The van der Waals surface area contributed by atoms with Crippen LogP contribution in [0.1, 0.15) is 5.89 Å². The Hall–Kier alpha value is -2.26. The molecule has 2 aromatic carbocycles. The van der Waals surface area contributed by atoms with Crippen molar-refractivity contribution in [3.8, 4) is 34.1 Å². The van der Waals surface area contributed by atoms with Crippen molar-refractivity contribution in [2.24, 2.45) is 0 Å². The first-order valence-corrected chi connectivity index (χ1v) is 6.65. The van der Waals surface area contributed by atoms with E-state index in [9.17, 15) is 0 Å². The summed E-state index contributed by atoms with van der Waals surface area (Å²) in [5.74, 6) is 2.81. The summed E-state index contributed by atoms with van der Waals surface area (Å²) >= 11 is 6.10. The number of ether oxygens (including phenoxy) is 1. The second-order valence-corrected chi connectivity index (χ2v) is 5.09. The Bertz CT molecular complexity index is 823. The summed E-state index contributed by atoms with van der Waals surface area (Å²) in [6, 6.07) is 13.3. The maximum absolute atomic E-state index is 6.10. The van der Waals surface area contributed by atoms with Gasteiger partial charge in [-0.2, -0.15) is 0 Å². The molecule has 20 heavy (non-hydrogen) atoms. The Morgan fingerprint density at radius 1 is 1.00 bits per heavy atom. The second-order valence-electron chi connectivity index (χ2n) is 4.65. The highest BCUT2D eigenvalue weighted by Gasteiger charge is 2.25. The zero-order valence-electron chi connectivity index (χ0n) is 10.7.